The fourth-order valence-corrected chi connectivity index (χ4v) is 2.68. The van der Waals surface area contributed by atoms with Crippen LogP contribution < -0.4 is 0 Å². The standard InChI is InChI=1S/C20H15NS/c1-3-9-17(10-4-1)19(18-11-5-2-6-12-18)14-16-22-20-13-7-8-15-21-20/h1-13,15-16H. The first kappa shape index (κ1) is 14.4. The van der Waals surface area contributed by atoms with Crippen molar-refractivity contribution >= 4 is 17.3 Å². The van der Waals surface area contributed by atoms with Crippen molar-refractivity contribution in [2.45, 2.75) is 5.03 Å². The zero-order valence-corrected chi connectivity index (χ0v) is 12.8. The molecule has 22 heavy (non-hydrogen) atoms. The molecule has 3 rings (SSSR count). The molecule has 0 radical (unpaired) electrons. The molecule has 0 spiro atoms. The number of rotatable bonds is 4. The summed E-state index contributed by atoms with van der Waals surface area (Å²) < 4.78 is 0. The summed E-state index contributed by atoms with van der Waals surface area (Å²) in [6, 6.07) is 26.6. The number of nitrogens with zero attached hydrogens (tertiary/aromatic N) is 1. The van der Waals surface area contributed by atoms with E-state index >= 15 is 0 Å². The molecule has 2 aromatic carbocycles. The summed E-state index contributed by atoms with van der Waals surface area (Å²) in [6.07, 6.45) is 1.80. The van der Waals surface area contributed by atoms with Gasteiger partial charge < -0.3 is 0 Å². The molecule has 0 saturated carbocycles. The Kier molecular flexibility index (Phi) is 4.88. The van der Waals surface area contributed by atoms with E-state index in [-0.39, 0.29) is 0 Å². The topological polar surface area (TPSA) is 12.9 Å². The Morgan fingerprint density at radius 3 is 1.91 bits per heavy atom. The van der Waals surface area contributed by atoms with E-state index in [1.54, 1.807) is 18.0 Å². The average Bonchev–Trinajstić information content (AvgIpc) is 2.61. The van der Waals surface area contributed by atoms with Crippen molar-refractivity contribution in [2.24, 2.45) is 0 Å². The molecule has 0 aliphatic carbocycles. The van der Waals surface area contributed by atoms with Crippen LogP contribution in [0.2, 0.25) is 0 Å². The van der Waals surface area contributed by atoms with Crippen LogP contribution in [0.4, 0.5) is 0 Å². The molecule has 0 fully saturated rings. The van der Waals surface area contributed by atoms with Gasteiger partial charge in [-0.1, -0.05) is 78.5 Å². The first-order valence-electron chi connectivity index (χ1n) is 7.07. The zero-order valence-electron chi connectivity index (χ0n) is 12.0. The number of hydrogen-bond acceptors (Lipinski definition) is 2. The minimum absolute atomic E-state index is 0.968. The van der Waals surface area contributed by atoms with E-state index in [0.29, 0.717) is 0 Å². The van der Waals surface area contributed by atoms with E-state index in [9.17, 15) is 0 Å². The largest absolute Gasteiger partial charge is 0.250 e. The van der Waals surface area contributed by atoms with Gasteiger partial charge in [-0.3, -0.25) is 0 Å². The summed E-state index contributed by atoms with van der Waals surface area (Å²) in [5, 5.41) is 2.94. The molecular formula is C20H15NS. The molecule has 0 amide bonds. The second-order valence-corrected chi connectivity index (χ2v) is 5.54. The fraction of sp³-hybridized carbons (Fsp3) is 0. The van der Waals surface area contributed by atoms with Crippen molar-refractivity contribution in [3.8, 4) is 0 Å². The summed E-state index contributed by atoms with van der Waals surface area (Å²) >= 11 is 1.57. The molecule has 0 bridgehead atoms. The molecule has 0 unspecified atom stereocenters. The van der Waals surface area contributed by atoms with Gasteiger partial charge in [0, 0.05) is 17.2 Å². The van der Waals surface area contributed by atoms with E-state index in [1.165, 1.54) is 0 Å². The highest BCUT2D eigenvalue weighted by Crippen LogP contribution is 2.23. The second kappa shape index (κ2) is 7.46. The molecule has 0 aliphatic heterocycles. The SMILES string of the molecule is C(=CSc1ccccn1)=C(c1ccccc1)c1ccccc1. The maximum absolute atomic E-state index is 4.30. The molecule has 1 nitrogen and oxygen atoms in total. The zero-order chi connectivity index (χ0) is 15.0. The van der Waals surface area contributed by atoms with Gasteiger partial charge in [-0.05, 0) is 23.3 Å². The molecule has 1 aromatic heterocycles. The Bertz CT molecular complexity index is 732. The van der Waals surface area contributed by atoms with Gasteiger partial charge in [-0.2, -0.15) is 0 Å². The molecule has 3 aromatic rings. The predicted octanol–water partition coefficient (Wildman–Crippen LogP) is 5.42. The highest BCUT2D eigenvalue weighted by Gasteiger charge is 2.02. The molecule has 0 atom stereocenters. The van der Waals surface area contributed by atoms with Gasteiger partial charge in [0.2, 0.25) is 0 Å². The van der Waals surface area contributed by atoms with Crippen LogP contribution in [0.25, 0.3) is 5.57 Å². The van der Waals surface area contributed by atoms with Crippen LogP contribution in [0.1, 0.15) is 11.1 Å². The third-order valence-electron chi connectivity index (χ3n) is 3.15. The lowest BCUT2D eigenvalue weighted by molar-refractivity contribution is 1.14. The maximum Gasteiger partial charge on any atom is 0.101 e. The van der Waals surface area contributed by atoms with Crippen LogP contribution in [0.3, 0.4) is 0 Å². The number of thioether (sulfide) groups is 1. The number of aromatic nitrogens is 1. The lowest BCUT2D eigenvalue weighted by Crippen LogP contribution is -1.85. The molecule has 106 valence electrons. The smallest absolute Gasteiger partial charge is 0.101 e. The van der Waals surface area contributed by atoms with Gasteiger partial charge >= 0.3 is 0 Å². The Hall–Kier alpha value is -2.54. The minimum Gasteiger partial charge on any atom is -0.250 e. The summed E-state index contributed by atoms with van der Waals surface area (Å²) in [7, 11) is 0. The number of benzene rings is 2. The van der Waals surface area contributed by atoms with E-state index in [1.807, 2.05) is 60.0 Å². The first-order valence-corrected chi connectivity index (χ1v) is 7.95. The first-order chi connectivity index (χ1) is 10.9. The van der Waals surface area contributed by atoms with Crippen LogP contribution in [-0.4, -0.2) is 4.98 Å². The van der Waals surface area contributed by atoms with Gasteiger partial charge in [-0.25, -0.2) is 4.98 Å². The van der Waals surface area contributed by atoms with Gasteiger partial charge in [-0.15, -0.1) is 5.73 Å². The molecule has 0 saturated heterocycles. The van der Waals surface area contributed by atoms with Crippen molar-refractivity contribution in [3.63, 3.8) is 0 Å². The predicted molar refractivity (Wildman–Crippen MR) is 93.6 cm³/mol. The molecule has 2 heteroatoms. The van der Waals surface area contributed by atoms with Crippen molar-refractivity contribution in [3.05, 3.63) is 107 Å². The number of pyridine rings is 1. The van der Waals surface area contributed by atoms with E-state index < -0.39 is 0 Å². The second-order valence-electron chi connectivity index (χ2n) is 4.66. The van der Waals surface area contributed by atoms with Crippen LogP contribution in [0.5, 0.6) is 0 Å². The van der Waals surface area contributed by atoms with E-state index in [0.717, 1.165) is 21.7 Å². The maximum atomic E-state index is 4.30. The van der Waals surface area contributed by atoms with Gasteiger partial charge in [0.1, 0.15) is 5.03 Å². The summed E-state index contributed by atoms with van der Waals surface area (Å²) in [6.45, 7) is 0. The monoisotopic (exact) mass is 301 g/mol. The molecule has 1 heterocycles. The Morgan fingerprint density at radius 1 is 0.773 bits per heavy atom. The highest BCUT2D eigenvalue weighted by atomic mass is 32.2. The fourth-order valence-electron chi connectivity index (χ4n) is 2.11. The molecule has 0 aliphatic rings. The van der Waals surface area contributed by atoms with E-state index in [4.69, 9.17) is 0 Å². The van der Waals surface area contributed by atoms with Crippen molar-refractivity contribution in [1.29, 1.82) is 0 Å². The van der Waals surface area contributed by atoms with Crippen LogP contribution >= 0.6 is 11.8 Å². The van der Waals surface area contributed by atoms with Gasteiger partial charge in [0.25, 0.3) is 0 Å². The van der Waals surface area contributed by atoms with Gasteiger partial charge in [0.05, 0.1) is 0 Å². The third kappa shape index (κ3) is 3.76. The molecular weight excluding hydrogens is 286 g/mol. The lowest BCUT2D eigenvalue weighted by atomic mass is 9.99. The molecule has 0 N–H and O–H groups in total. The number of hydrogen-bond donors (Lipinski definition) is 0. The highest BCUT2D eigenvalue weighted by molar-refractivity contribution is 8.02. The third-order valence-corrected chi connectivity index (χ3v) is 3.86. The lowest BCUT2D eigenvalue weighted by Gasteiger charge is -2.05. The summed E-state index contributed by atoms with van der Waals surface area (Å²) in [5.41, 5.74) is 6.82. The summed E-state index contributed by atoms with van der Waals surface area (Å²) in [4.78, 5) is 4.30. The quantitative estimate of drug-likeness (QED) is 0.471. The van der Waals surface area contributed by atoms with Crippen LogP contribution in [0.15, 0.2) is 101 Å². The van der Waals surface area contributed by atoms with Crippen molar-refractivity contribution < 1.29 is 0 Å². The van der Waals surface area contributed by atoms with E-state index in [2.05, 4.69) is 35.0 Å². The van der Waals surface area contributed by atoms with Crippen molar-refractivity contribution in [1.82, 2.24) is 4.98 Å². The Balaban J connectivity index is 1.97. The average molecular weight is 301 g/mol. The van der Waals surface area contributed by atoms with Gasteiger partial charge in [0.15, 0.2) is 0 Å². The van der Waals surface area contributed by atoms with Crippen molar-refractivity contribution in [2.75, 3.05) is 0 Å². The normalized spacial score (nSPS) is 9.82. The summed E-state index contributed by atoms with van der Waals surface area (Å²) in [5.74, 6) is 0. The Morgan fingerprint density at radius 2 is 1.36 bits per heavy atom. The Labute approximate surface area is 135 Å². The van der Waals surface area contributed by atoms with Crippen LogP contribution in [0, 0.1) is 0 Å². The minimum atomic E-state index is 0.968. The van der Waals surface area contributed by atoms with Crippen LogP contribution in [-0.2, 0) is 0 Å².